The summed E-state index contributed by atoms with van der Waals surface area (Å²) >= 11 is 9.16. The van der Waals surface area contributed by atoms with E-state index in [2.05, 4.69) is 26.7 Å². The maximum absolute atomic E-state index is 12.6. The first-order valence-corrected chi connectivity index (χ1v) is 8.09. The smallest absolute Gasteiger partial charge is 0.276 e. The number of carbonyl (C=O) groups excluding carboxylic acids is 2. The van der Waals surface area contributed by atoms with Crippen LogP contribution >= 0.6 is 27.5 Å². The van der Waals surface area contributed by atoms with Crippen molar-refractivity contribution in [3.63, 3.8) is 0 Å². The SMILES string of the molecule is CC1Nc2ccc(Br)cc2C(=O)N1NC(=O)c1ccc(Cl)cc1. The standard InChI is InChI=1S/C16H13BrClN3O2/c1-9-19-14-7-4-11(17)8-13(14)16(23)21(9)20-15(22)10-2-5-12(18)6-3-10/h2-9,19H,1H3,(H,20,22). The summed E-state index contributed by atoms with van der Waals surface area (Å²) in [6.07, 6.45) is -0.368. The minimum absolute atomic E-state index is 0.269. The first-order chi connectivity index (χ1) is 11.0. The average molecular weight is 395 g/mol. The van der Waals surface area contributed by atoms with Crippen molar-refractivity contribution in [3.8, 4) is 0 Å². The van der Waals surface area contributed by atoms with E-state index < -0.39 is 0 Å². The first kappa shape index (κ1) is 15.8. The molecule has 23 heavy (non-hydrogen) atoms. The van der Waals surface area contributed by atoms with E-state index >= 15 is 0 Å². The summed E-state index contributed by atoms with van der Waals surface area (Å²) in [6.45, 7) is 1.80. The fourth-order valence-electron chi connectivity index (χ4n) is 2.34. The van der Waals surface area contributed by atoms with Gasteiger partial charge in [0.1, 0.15) is 6.17 Å². The molecule has 118 valence electrons. The maximum atomic E-state index is 12.6. The summed E-state index contributed by atoms with van der Waals surface area (Å²) in [5.41, 5.74) is 4.30. The van der Waals surface area contributed by atoms with Gasteiger partial charge in [-0.3, -0.25) is 15.0 Å². The molecule has 1 heterocycles. The van der Waals surface area contributed by atoms with Crippen LogP contribution in [0.3, 0.4) is 0 Å². The summed E-state index contributed by atoms with van der Waals surface area (Å²) in [4.78, 5) is 24.9. The average Bonchev–Trinajstić information content (AvgIpc) is 2.53. The van der Waals surface area contributed by atoms with Gasteiger partial charge in [-0.1, -0.05) is 27.5 Å². The number of rotatable bonds is 2. The zero-order valence-electron chi connectivity index (χ0n) is 12.1. The second-order valence-electron chi connectivity index (χ2n) is 5.13. The largest absolute Gasteiger partial charge is 0.363 e. The van der Waals surface area contributed by atoms with Crippen molar-refractivity contribution < 1.29 is 9.59 Å². The zero-order chi connectivity index (χ0) is 16.6. The Hall–Kier alpha value is -2.05. The fourth-order valence-corrected chi connectivity index (χ4v) is 2.82. The lowest BCUT2D eigenvalue weighted by Gasteiger charge is -2.35. The van der Waals surface area contributed by atoms with E-state index in [1.54, 1.807) is 37.3 Å². The molecule has 0 fully saturated rings. The Balaban J connectivity index is 1.84. The Morgan fingerprint density at radius 1 is 1.26 bits per heavy atom. The van der Waals surface area contributed by atoms with Gasteiger partial charge in [-0.15, -0.1) is 0 Å². The summed E-state index contributed by atoms with van der Waals surface area (Å²) < 4.78 is 0.796. The van der Waals surface area contributed by atoms with Crippen molar-refractivity contribution in [2.75, 3.05) is 5.32 Å². The van der Waals surface area contributed by atoms with Gasteiger partial charge >= 0.3 is 0 Å². The third kappa shape index (κ3) is 3.18. The Kier molecular flexibility index (Phi) is 4.28. The molecule has 3 rings (SSSR count). The molecule has 7 heteroatoms. The van der Waals surface area contributed by atoms with Gasteiger partial charge in [0.05, 0.1) is 5.56 Å². The van der Waals surface area contributed by atoms with E-state index in [1.807, 2.05) is 12.1 Å². The van der Waals surface area contributed by atoms with E-state index in [0.717, 1.165) is 10.2 Å². The predicted molar refractivity (Wildman–Crippen MR) is 92.3 cm³/mol. The van der Waals surface area contributed by atoms with Crippen molar-refractivity contribution in [2.24, 2.45) is 0 Å². The van der Waals surface area contributed by atoms with Crippen LogP contribution in [0.4, 0.5) is 5.69 Å². The van der Waals surface area contributed by atoms with Crippen LogP contribution in [0.2, 0.25) is 5.02 Å². The minimum atomic E-state index is -0.373. The van der Waals surface area contributed by atoms with Crippen LogP contribution in [0.15, 0.2) is 46.9 Å². The highest BCUT2D eigenvalue weighted by Gasteiger charge is 2.31. The quantitative estimate of drug-likeness (QED) is 0.817. The van der Waals surface area contributed by atoms with Crippen LogP contribution in [0, 0.1) is 0 Å². The Morgan fingerprint density at radius 2 is 1.96 bits per heavy atom. The summed E-state index contributed by atoms with van der Waals surface area (Å²) in [7, 11) is 0. The number of nitrogens with zero attached hydrogens (tertiary/aromatic N) is 1. The number of hydrogen-bond acceptors (Lipinski definition) is 3. The molecule has 2 aromatic carbocycles. The molecule has 1 atom stereocenters. The van der Waals surface area contributed by atoms with Crippen molar-refractivity contribution in [1.82, 2.24) is 10.4 Å². The van der Waals surface area contributed by atoms with E-state index in [0.29, 0.717) is 16.1 Å². The number of halogens is 2. The second-order valence-corrected chi connectivity index (χ2v) is 6.49. The molecule has 0 saturated carbocycles. The Labute approximate surface area is 146 Å². The monoisotopic (exact) mass is 393 g/mol. The number of carbonyl (C=O) groups is 2. The van der Waals surface area contributed by atoms with Gasteiger partial charge in [-0.2, -0.15) is 0 Å². The van der Waals surface area contributed by atoms with Gasteiger partial charge < -0.3 is 5.32 Å². The fraction of sp³-hybridized carbons (Fsp3) is 0.125. The van der Waals surface area contributed by atoms with E-state index in [9.17, 15) is 9.59 Å². The molecular formula is C16H13BrClN3O2. The molecule has 5 nitrogen and oxygen atoms in total. The molecule has 0 aromatic heterocycles. The molecule has 0 spiro atoms. The molecule has 1 aliphatic heterocycles. The van der Waals surface area contributed by atoms with Crippen molar-refractivity contribution >= 4 is 45.0 Å². The topological polar surface area (TPSA) is 61.4 Å². The predicted octanol–water partition coefficient (Wildman–Crippen LogP) is 3.66. The van der Waals surface area contributed by atoms with Crippen LogP contribution in [-0.4, -0.2) is 23.0 Å². The van der Waals surface area contributed by atoms with Crippen LogP contribution in [0.1, 0.15) is 27.6 Å². The maximum Gasteiger partial charge on any atom is 0.276 e. The van der Waals surface area contributed by atoms with Gasteiger partial charge in [-0.25, -0.2) is 5.01 Å². The highest BCUT2D eigenvalue weighted by atomic mass is 79.9. The second kappa shape index (κ2) is 6.22. The molecular weight excluding hydrogens is 382 g/mol. The van der Waals surface area contributed by atoms with Gasteiger partial charge in [0.25, 0.3) is 11.8 Å². The number of nitrogens with one attached hydrogen (secondary N) is 2. The third-order valence-electron chi connectivity index (χ3n) is 3.51. The number of fused-ring (bicyclic) bond motifs is 1. The summed E-state index contributed by atoms with van der Waals surface area (Å²) in [6, 6.07) is 11.9. The normalized spacial score (nSPS) is 16.6. The molecule has 1 aliphatic rings. The highest BCUT2D eigenvalue weighted by molar-refractivity contribution is 9.10. The molecule has 0 bridgehead atoms. The van der Waals surface area contributed by atoms with E-state index in [1.165, 1.54) is 5.01 Å². The van der Waals surface area contributed by atoms with Gasteiger partial charge in [0, 0.05) is 20.7 Å². The molecule has 0 saturated heterocycles. The van der Waals surface area contributed by atoms with Crippen LogP contribution < -0.4 is 10.7 Å². The van der Waals surface area contributed by atoms with Crippen molar-refractivity contribution in [3.05, 3.63) is 63.1 Å². The number of hydrazine groups is 1. The minimum Gasteiger partial charge on any atom is -0.363 e. The lowest BCUT2D eigenvalue weighted by atomic mass is 10.1. The molecule has 0 aliphatic carbocycles. The van der Waals surface area contributed by atoms with Crippen molar-refractivity contribution in [1.29, 1.82) is 0 Å². The first-order valence-electron chi connectivity index (χ1n) is 6.92. The van der Waals surface area contributed by atoms with Crippen molar-refractivity contribution in [2.45, 2.75) is 13.1 Å². The van der Waals surface area contributed by atoms with Gasteiger partial charge in [0.15, 0.2) is 0 Å². The third-order valence-corrected chi connectivity index (χ3v) is 4.26. The molecule has 2 N–H and O–H groups in total. The summed E-state index contributed by atoms with van der Waals surface area (Å²) in [5.74, 6) is -0.642. The van der Waals surface area contributed by atoms with Crippen LogP contribution in [-0.2, 0) is 0 Å². The molecule has 1 unspecified atom stereocenters. The van der Waals surface area contributed by atoms with Crippen LogP contribution in [0.25, 0.3) is 0 Å². The lowest BCUT2D eigenvalue weighted by molar-refractivity contribution is 0.0510. The van der Waals surface area contributed by atoms with E-state index in [4.69, 9.17) is 11.6 Å². The highest BCUT2D eigenvalue weighted by Crippen LogP contribution is 2.27. The molecule has 0 radical (unpaired) electrons. The van der Waals surface area contributed by atoms with Gasteiger partial charge in [0.2, 0.25) is 0 Å². The molecule has 2 aromatic rings. The summed E-state index contributed by atoms with van der Waals surface area (Å²) in [5, 5.41) is 5.01. The number of anilines is 1. The van der Waals surface area contributed by atoms with Crippen LogP contribution in [0.5, 0.6) is 0 Å². The zero-order valence-corrected chi connectivity index (χ0v) is 14.5. The number of hydrogen-bond donors (Lipinski definition) is 2. The van der Waals surface area contributed by atoms with Gasteiger partial charge in [-0.05, 0) is 49.4 Å². The number of benzene rings is 2. The molecule has 2 amide bonds. The Morgan fingerprint density at radius 3 is 2.65 bits per heavy atom. The van der Waals surface area contributed by atoms with E-state index in [-0.39, 0.29) is 18.0 Å². The lowest BCUT2D eigenvalue weighted by Crippen LogP contribution is -2.56. The Bertz CT molecular complexity index is 779. The number of amides is 2.